The average molecular weight is 288 g/mol. The minimum Gasteiger partial charge on any atom is -0.544 e. The van der Waals surface area contributed by atoms with E-state index >= 15 is 0 Å². The van der Waals surface area contributed by atoms with Crippen LogP contribution in [0.15, 0.2) is 34.3 Å². The highest BCUT2D eigenvalue weighted by Gasteiger charge is 2.07. The number of thioether (sulfide) groups is 1. The molecule has 0 atom stereocenters. The number of carboxylic acid groups (broad SMARTS) is 1. The van der Waals surface area contributed by atoms with Crippen LogP contribution in [0.2, 0.25) is 0 Å². The highest BCUT2D eigenvalue weighted by molar-refractivity contribution is 8.04. The first kappa shape index (κ1) is 14.3. The SMILES string of the molecule is CCc1nc(S/C(=C\c2ccc(C)cc2)C(=O)[O-])n[nH]1. The van der Waals surface area contributed by atoms with Gasteiger partial charge in [-0.05, 0) is 30.3 Å². The van der Waals surface area contributed by atoms with Crippen molar-refractivity contribution in [1.82, 2.24) is 15.2 Å². The molecule has 20 heavy (non-hydrogen) atoms. The van der Waals surface area contributed by atoms with Crippen molar-refractivity contribution in [3.05, 3.63) is 46.1 Å². The van der Waals surface area contributed by atoms with Crippen molar-refractivity contribution in [3.63, 3.8) is 0 Å². The van der Waals surface area contributed by atoms with Crippen molar-refractivity contribution < 1.29 is 9.90 Å². The molecule has 0 fully saturated rings. The third-order valence-corrected chi connectivity index (χ3v) is 3.49. The van der Waals surface area contributed by atoms with Gasteiger partial charge in [-0.2, -0.15) is 0 Å². The second-order valence-corrected chi connectivity index (χ2v) is 5.24. The second-order valence-electron chi connectivity index (χ2n) is 4.23. The number of aliphatic carboxylic acids is 1. The number of carbonyl (C=O) groups excluding carboxylic acids is 1. The van der Waals surface area contributed by atoms with E-state index in [2.05, 4.69) is 15.2 Å². The van der Waals surface area contributed by atoms with Crippen molar-refractivity contribution in [3.8, 4) is 0 Å². The lowest BCUT2D eigenvalue weighted by molar-refractivity contribution is -0.297. The molecule has 0 aliphatic heterocycles. The van der Waals surface area contributed by atoms with E-state index in [4.69, 9.17) is 0 Å². The van der Waals surface area contributed by atoms with Crippen LogP contribution in [-0.4, -0.2) is 21.2 Å². The molecule has 0 bridgehead atoms. The van der Waals surface area contributed by atoms with Crippen molar-refractivity contribution in [2.24, 2.45) is 0 Å². The van der Waals surface area contributed by atoms with E-state index in [1.165, 1.54) is 0 Å². The lowest BCUT2D eigenvalue weighted by Gasteiger charge is -2.05. The third kappa shape index (κ3) is 3.71. The average Bonchev–Trinajstić information content (AvgIpc) is 2.88. The second kappa shape index (κ2) is 6.38. The van der Waals surface area contributed by atoms with Gasteiger partial charge < -0.3 is 9.90 Å². The van der Waals surface area contributed by atoms with Gasteiger partial charge in [0.05, 0.1) is 5.97 Å². The molecule has 1 aromatic heterocycles. The number of hydrogen-bond acceptors (Lipinski definition) is 5. The number of H-pyrrole nitrogens is 1. The van der Waals surface area contributed by atoms with Gasteiger partial charge in [-0.15, -0.1) is 5.10 Å². The first-order chi connectivity index (χ1) is 9.58. The summed E-state index contributed by atoms with van der Waals surface area (Å²) in [7, 11) is 0. The summed E-state index contributed by atoms with van der Waals surface area (Å²) >= 11 is 0.978. The van der Waals surface area contributed by atoms with Gasteiger partial charge in [0.1, 0.15) is 5.82 Å². The Balaban J connectivity index is 2.22. The van der Waals surface area contributed by atoms with Crippen LogP contribution in [0.25, 0.3) is 6.08 Å². The van der Waals surface area contributed by atoms with Crippen LogP contribution in [0.3, 0.4) is 0 Å². The normalized spacial score (nSPS) is 11.6. The molecule has 0 radical (unpaired) electrons. The monoisotopic (exact) mass is 288 g/mol. The molecule has 1 N–H and O–H groups in total. The van der Waals surface area contributed by atoms with Gasteiger partial charge in [0.2, 0.25) is 5.16 Å². The van der Waals surface area contributed by atoms with E-state index in [1.54, 1.807) is 6.08 Å². The van der Waals surface area contributed by atoms with Gasteiger partial charge in [0.25, 0.3) is 0 Å². The predicted octanol–water partition coefficient (Wildman–Crippen LogP) is 1.56. The highest BCUT2D eigenvalue weighted by atomic mass is 32.2. The largest absolute Gasteiger partial charge is 0.544 e. The van der Waals surface area contributed by atoms with Crippen LogP contribution in [-0.2, 0) is 11.2 Å². The summed E-state index contributed by atoms with van der Waals surface area (Å²) in [6.45, 7) is 3.92. The first-order valence-corrected chi connectivity index (χ1v) is 6.99. The Labute approximate surface area is 121 Å². The number of aromatic nitrogens is 3. The fourth-order valence-corrected chi connectivity index (χ4v) is 2.25. The molecule has 0 amide bonds. The molecule has 5 nitrogen and oxygen atoms in total. The van der Waals surface area contributed by atoms with Crippen LogP contribution in [0.4, 0.5) is 0 Å². The van der Waals surface area contributed by atoms with Crippen LogP contribution >= 0.6 is 11.8 Å². The van der Waals surface area contributed by atoms with Gasteiger partial charge in [0.15, 0.2) is 0 Å². The first-order valence-electron chi connectivity index (χ1n) is 6.17. The Bertz CT molecular complexity index is 632. The maximum atomic E-state index is 11.2. The van der Waals surface area contributed by atoms with Gasteiger partial charge in [-0.25, -0.2) is 4.98 Å². The van der Waals surface area contributed by atoms with Crippen LogP contribution in [0.1, 0.15) is 23.9 Å². The number of hydrogen-bond donors (Lipinski definition) is 1. The minimum atomic E-state index is -1.24. The van der Waals surface area contributed by atoms with Crippen molar-refractivity contribution in [2.75, 3.05) is 0 Å². The number of carboxylic acids is 1. The predicted molar refractivity (Wildman–Crippen MR) is 75.8 cm³/mol. The molecule has 0 unspecified atom stereocenters. The van der Waals surface area contributed by atoms with Crippen molar-refractivity contribution in [1.29, 1.82) is 0 Å². The van der Waals surface area contributed by atoms with E-state index in [0.29, 0.717) is 5.16 Å². The summed E-state index contributed by atoms with van der Waals surface area (Å²) in [6.07, 6.45) is 2.28. The Morgan fingerprint density at radius 1 is 1.40 bits per heavy atom. The number of aromatic amines is 1. The zero-order chi connectivity index (χ0) is 14.5. The molecule has 0 saturated heterocycles. The van der Waals surface area contributed by atoms with Gasteiger partial charge in [-0.3, -0.25) is 5.10 Å². The number of aryl methyl sites for hydroxylation is 2. The summed E-state index contributed by atoms with van der Waals surface area (Å²) in [5.74, 6) is -0.515. The number of carbonyl (C=O) groups is 1. The fraction of sp³-hybridized carbons (Fsp3) is 0.214. The maximum Gasteiger partial charge on any atom is 0.213 e. The van der Waals surface area contributed by atoms with Crippen LogP contribution in [0, 0.1) is 6.92 Å². The van der Waals surface area contributed by atoms with E-state index in [1.807, 2.05) is 38.1 Å². The van der Waals surface area contributed by atoms with Crippen LogP contribution < -0.4 is 5.11 Å². The zero-order valence-electron chi connectivity index (χ0n) is 11.2. The standard InChI is InChI=1S/C14H15N3O2S/c1-3-12-15-14(17-16-12)20-11(13(18)19)8-10-6-4-9(2)5-7-10/h4-8H,3H2,1-2H3,(H,18,19)(H,15,16,17)/p-1/b11-8-. The summed E-state index contributed by atoms with van der Waals surface area (Å²) in [4.78, 5) is 15.4. The maximum absolute atomic E-state index is 11.2. The van der Waals surface area contributed by atoms with Gasteiger partial charge in [0, 0.05) is 11.3 Å². The summed E-state index contributed by atoms with van der Waals surface area (Å²) in [5, 5.41) is 18.3. The van der Waals surface area contributed by atoms with Crippen molar-refractivity contribution >= 4 is 23.8 Å². The van der Waals surface area contributed by atoms with Gasteiger partial charge in [-0.1, -0.05) is 36.8 Å². The zero-order valence-corrected chi connectivity index (χ0v) is 12.0. The van der Waals surface area contributed by atoms with E-state index in [9.17, 15) is 9.90 Å². The quantitative estimate of drug-likeness (QED) is 0.667. The number of nitrogens with zero attached hydrogens (tertiary/aromatic N) is 2. The highest BCUT2D eigenvalue weighted by Crippen LogP contribution is 2.25. The number of benzene rings is 1. The third-order valence-electron chi connectivity index (χ3n) is 2.62. The lowest BCUT2D eigenvalue weighted by atomic mass is 10.1. The summed E-state index contributed by atoms with van der Waals surface area (Å²) in [5.41, 5.74) is 1.92. The van der Waals surface area contributed by atoms with Crippen LogP contribution in [0.5, 0.6) is 0 Å². The van der Waals surface area contributed by atoms with Gasteiger partial charge >= 0.3 is 0 Å². The molecule has 1 aromatic carbocycles. The molecule has 2 aromatic rings. The van der Waals surface area contributed by atoms with E-state index in [-0.39, 0.29) is 4.91 Å². The molecule has 2 rings (SSSR count). The Hall–Kier alpha value is -2.08. The number of nitrogens with one attached hydrogen (secondary N) is 1. The Kier molecular flexibility index (Phi) is 4.57. The molecule has 6 heteroatoms. The Morgan fingerprint density at radius 3 is 2.65 bits per heavy atom. The molecular weight excluding hydrogens is 274 g/mol. The van der Waals surface area contributed by atoms with Crippen molar-refractivity contribution in [2.45, 2.75) is 25.4 Å². The molecule has 104 valence electrons. The molecule has 0 saturated carbocycles. The molecule has 0 aliphatic carbocycles. The topological polar surface area (TPSA) is 81.7 Å². The fourth-order valence-electron chi connectivity index (χ4n) is 1.52. The smallest absolute Gasteiger partial charge is 0.213 e. The molecule has 0 aliphatic rings. The molecule has 0 spiro atoms. The summed E-state index contributed by atoms with van der Waals surface area (Å²) < 4.78 is 0. The lowest BCUT2D eigenvalue weighted by Crippen LogP contribution is -2.23. The number of rotatable bonds is 5. The molecular formula is C14H14N3O2S-. The van der Waals surface area contributed by atoms with E-state index in [0.717, 1.165) is 35.1 Å². The summed E-state index contributed by atoms with van der Waals surface area (Å²) in [6, 6.07) is 7.55. The minimum absolute atomic E-state index is 0.0792. The van der Waals surface area contributed by atoms with E-state index < -0.39 is 5.97 Å². The molecule has 1 heterocycles. The Morgan fingerprint density at radius 2 is 2.10 bits per heavy atom.